The predicted molar refractivity (Wildman–Crippen MR) is 70.2 cm³/mol. The third-order valence-electron chi connectivity index (χ3n) is 3.25. The fraction of sp³-hybridized carbons (Fsp3) is 0.500. The topological polar surface area (TPSA) is 66.4 Å². The average molecular weight is 290 g/mol. The Hall–Kier alpha value is -0.620. The number of sulfonamides is 1. The van der Waals surface area contributed by atoms with Crippen molar-refractivity contribution in [1.82, 2.24) is 4.72 Å². The van der Waals surface area contributed by atoms with Gasteiger partial charge in [0.2, 0.25) is 10.0 Å². The van der Waals surface area contributed by atoms with Gasteiger partial charge >= 0.3 is 0 Å². The molecule has 0 aliphatic heterocycles. The summed E-state index contributed by atoms with van der Waals surface area (Å²) in [5.74, 6) is 0. The van der Waals surface area contributed by atoms with Crippen molar-refractivity contribution in [3.63, 3.8) is 0 Å². The van der Waals surface area contributed by atoms with Crippen LogP contribution in [0.4, 0.5) is 0 Å². The fourth-order valence-corrected chi connectivity index (χ4v) is 3.61. The predicted octanol–water partition coefficient (Wildman–Crippen LogP) is 1.84. The van der Waals surface area contributed by atoms with E-state index in [1.807, 2.05) is 6.92 Å². The molecule has 1 aliphatic carbocycles. The van der Waals surface area contributed by atoms with Gasteiger partial charge in [-0.3, -0.25) is 0 Å². The third kappa shape index (κ3) is 2.85. The number of halogens is 1. The van der Waals surface area contributed by atoms with Crippen LogP contribution in [0.5, 0.6) is 0 Å². The molecule has 0 saturated heterocycles. The van der Waals surface area contributed by atoms with E-state index in [9.17, 15) is 13.5 Å². The third-order valence-corrected chi connectivity index (χ3v) is 5.14. The molecule has 1 aromatic rings. The maximum atomic E-state index is 12.0. The first-order chi connectivity index (χ1) is 8.32. The average Bonchev–Trinajstić information content (AvgIpc) is 2.23. The zero-order valence-electron chi connectivity index (χ0n) is 10.1. The number of rotatable bonds is 4. The van der Waals surface area contributed by atoms with Gasteiger partial charge in [-0.2, -0.15) is 0 Å². The highest BCUT2D eigenvalue weighted by atomic mass is 35.5. The molecule has 2 rings (SSSR count). The van der Waals surface area contributed by atoms with Gasteiger partial charge in [-0.05, 0) is 43.9 Å². The van der Waals surface area contributed by atoms with E-state index in [1.54, 1.807) is 12.1 Å². The molecular formula is C12H16ClNO3S. The van der Waals surface area contributed by atoms with Crippen LogP contribution in [0.2, 0.25) is 5.02 Å². The number of aliphatic hydroxyl groups is 1. The zero-order chi connectivity index (χ0) is 13.4. The highest BCUT2D eigenvalue weighted by Gasteiger charge is 2.35. The molecule has 1 aliphatic rings. The summed E-state index contributed by atoms with van der Waals surface area (Å²) in [6.07, 6.45) is 2.21. The molecular weight excluding hydrogens is 274 g/mol. The minimum Gasteiger partial charge on any atom is -0.389 e. The van der Waals surface area contributed by atoms with E-state index in [2.05, 4.69) is 4.72 Å². The Bertz CT molecular complexity index is 552. The minimum atomic E-state index is -3.66. The van der Waals surface area contributed by atoms with E-state index in [1.165, 1.54) is 6.07 Å². The highest BCUT2D eigenvalue weighted by molar-refractivity contribution is 7.89. The number of aryl methyl sites for hydroxylation is 1. The summed E-state index contributed by atoms with van der Waals surface area (Å²) >= 11 is 5.93. The Morgan fingerprint density at radius 1 is 1.44 bits per heavy atom. The number of hydrogen-bond acceptors (Lipinski definition) is 3. The highest BCUT2D eigenvalue weighted by Crippen LogP contribution is 2.31. The minimum absolute atomic E-state index is 0.0412. The smallest absolute Gasteiger partial charge is 0.242 e. The summed E-state index contributed by atoms with van der Waals surface area (Å²) in [6, 6.07) is 4.78. The van der Waals surface area contributed by atoms with Gasteiger partial charge in [0.15, 0.2) is 0 Å². The van der Waals surface area contributed by atoms with Crippen molar-refractivity contribution < 1.29 is 13.5 Å². The van der Waals surface area contributed by atoms with E-state index in [0.29, 0.717) is 12.8 Å². The van der Waals surface area contributed by atoms with Crippen LogP contribution in [-0.4, -0.2) is 25.7 Å². The monoisotopic (exact) mass is 289 g/mol. The maximum Gasteiger partial charge on any atom is 0.242 e. The van der Waals surface area contributed by atoms with Crippen LogP contribution in [-0.2, 0) is 10.0 Å². The summed E-state index contributed by atoms with van der Waals surface area (Å²) in [7, 11) is -3.66. The summed E-state index contributed by atoms with van der Waals surface area (Å²) in [5.41, 5.74) is 0.0149. The van der Waals surface area contributed by atoms with Gasteiger partial charge in [-0.1, -0.05) is 17.7 Å². The van der Waals surface area contributed by atoms with Gasteiger partial charge in [0, 0.05) is 6.54 Å². The number of hydrogen-bond donors (Lipinski definition) is 2. The summed E-state index contributed by atoms with van der Waals surface area (Å²) in [4.78, 5) is 0.0534. The lowest BCUT2D eigenvalue weighted by Gasteiger charge is -2.36. The second-order valence-electron chi connectivity index (χ2n) is 4.84. The van der Waals surface area contributed by atoms with Crippen LogP contribution >= 0.6 is 11.6 Å². The molecule has 100 valence electrons. The molecule has 6 heteroatoms. The van der Waals surface area contributed by atoms with Crippen molar-refractivity contribution in [2.24, 2.45) is 0 Å². The van der Waals surface area contributed by atoms with Crippen molar-refractivity contribution in [3.8, 4) is 0 Å². The lowest BCUT2D eigenvalue weighted by Crippen LogP contribution is -2.47. The van der Waals surface area contributed by atoms with Crippen LogP contribution in [0.15, 0.2) is 23.1 Å². The lowest BCUT2D eigenvalue weighted by atomic mass is 9.81. The molecule has 4 nitrogen and oxygen atoms in total. The summed E-state index contributed by atoms with van der Waals surface area (Å²) in [5, 5.41) is 10.1. The van der Waals surface area contributed by atoms with Crippen LogP contribution in [0.25, 0.3) is 0 Å². The maximum absolute atomic E-state index is 12.0. The molecule has 18 heavy (non-hydrogen) atoms. The molecule has 0 bridgehead atoms. The van der Waals surface area contributed by atoms with Crippen molar-refractivity contribution in [2.75, 3.05) is 6.54 Å². The molecule has 1 fully saturated rings. The molecule has 0 heterocycles. The van der Waals surface area contributed by atoms with Gasteiger partial charge in [0.05, 0.1) is 10.6 Å². The second-order valence-corrected chi connectivity index (χ2v) is 6.98. The number of benzene rings is 1. The Morgan fingerprint density at radius 2 is 2.11 bits per heavy atom. The van der Waals surface area contributed by atoms with Gasteiger partial charge in [-0.15, -0.1) is 0 Å². The van der Waals surface area contributed by atoms with Gasteiger partial charge in [0.1, 0.15) is 4.90 Å². The Labute approximate surface area is 112 Å². The molecule has 0 atom stereocenters. The lowest BCUT2D eigenvalue weighted by molar-refractivity contribution is -0.0270. The van der Waals surface area contributed by atoms with E-state index in [4.69, 9.17) is 11.6 Å². The molecule has 2 N–H and O–H groups in total. The second kappa shape index (κ2) is 4.81. The Balaban J connectivity index is 2.15. The Morgan fingerprint density at radius 3 is 2.61 bits per heavy atom. The SMILES string of the molecule is Cc1ccc(S(=O)(=O)NCC2(O)CCC2)c(Cl)c1. The normalized spacial score (nSPS) is 18.4. The van der Waals surface area contributed by atoms with Crippen molar-refractivity contribution in [1.29, 1.82) is 0 Å². The van der Waals surface area contributed by atoms with Crippen molar-refractivity contribution >= 4 is 21.6 Å². The van der Waals surface area contributed by atoms with Gasteiger partial charge < -0.3 is 5.11 Å². The van der Waals surface area contributed by atoms with E-state index in [0.717, 1.165) is 12.0 Å². The molecule has 0 radical (unpaired) electrons. The number of nitrogens with one attached hydrogen (secondary N) is 1. The fourth-order valence-electron chi connectivity index (χ4n) is 1.89. The Kier molecular flexibility index (Phi) is 3.69. The zero-order valence-corrected chi connectivity index (χ0v) is 11.7. The van der Waals surface area contributed by atoms with Crippen LogP contribution in [0.1, 0.15) is 24.8 Å². The van der Waals surface area contributed by atoms with E-state index in [-0.39, 0.29) is 16.5 Å². The molecule has 1 saturated carbocycles. The summed E-state index contributed by atoms with van der Waals surface area (Å²) < 4.78 is 26.5. The van der Waals surface area contributed by atoms with Crippen molar-refractivity contribution in [2.45, 2.75) is 36.7 Å². The van der Waals surface area contributed by atoms with Crippen LogP contribution < -0.4 is 4.72 Å². The van der Waals surface area contributed by atoms with E-state index >= 15 is 0 Å². The first kappa shape index (κ1) is 13.8. The molecule has 0 spiro atoms. The van der Waals surface area contributed by atoms with E-state index < -0.39 is 15.6 Å². The van der Waals surface area contributed by atoms with Crippen LogP contribution in [0.3, 0.4) is 0 Å². The molecule has 0 amide bonds. The van der Waals surface area contributed by atoms with Crippen LogP contribution in [0, 0.1) is 6.92 Å². The molecule has 1 aromatic carbocycles. The quantitative estimate of drug-likeness (QED) is 0.889. The molecule has 0 aromatic heterocycles. The standard InChI is InChI=1S/C12H16ClNO3S/c1-9-3-4-11(10(13)7-9)18(16,17)14-8-12(15)5-2-6-12/h3-4,7,14-15H,2,5-6,8H2,1H3. The van der Waals surface area contributed by atoms with Gasteiger partial charge in [0.25, 0.3) is 0 Å². The first-order valence-corrected chi connectivity index (χ1v) is 7.67. The largest absolute Gasteiger partial charge is 0.389 e. The first-order valence-electron chi connectivity index (χ1n) is 5.81. The van der Waals surface area contributed by atoms with Gasteiger partial charge in [-0.25, -0.2) is 13.1 Å². The summed E-state index contributed by atoms with van der Waals surface area (Å²) in [6.45, 7) is 1.88. The van der Waals surface area contributed by atoms with Crippen molar-refractivity contribution in [3.05, 3.63) is 28.8 Å². The molecule has 0 unspecified atom stereocenters.